The number of carboxylic acid groups (broad SMARTS) is 1. The van der Waals surface area contributed by atoms with Crippen molar-refractivity contribution in [2.45, 2.75) is 25.4 Å². The van der Waals surface area contributed by atoms with E-state index in [0.717, 1.165) is 22.5 Å². The molecule has 0 amide bonds. The zero-order valence-electron chi connectivity index (χ0n) is 13.6. The molecule has 1 aliphatic heterocycles. The molecule has 24 heavy (non-hydrogen) atoms. The van der Waals surface area contributed by atoms with Crippen LogP contribution in [0.1, 0.15) is 30.4 Å². The number of para-hydroxylation sites is 1. The molecule has 4 nitrogen and oxygen atoms in total. The number of hydrogen-bond donors (Lipinski definition) is 2. The lowest BCUT2D eigenvalue weighted by Gasteiger charge is -2.36. The number of rotatable bonds is 5. The number of aliphatic carboxylic acids is 1. The average Bonchev–Trinajstić information content (AvgIpc) is 2.62. The highest BCUT2D eigenvalue weighted by molar-refractivity contribution is 5.92. The smallest absolute Gasteiger partial charge is 0.315 e. The Bertz CT molecular complexity index is 754. The largest absolute Gasteiger partial charge is 0.481 e. The standard InChI is InChI=1S/C20H21NO3/c1-2-15(22)13-21-18-11-7-6-10-16(18)17(20(23)24)12-19(21)14-8-4-3-5-9-14/h3-12,15,17,22H,2,13H2,1H3,(H,23,24). The van der Waals surface area contributed by atoms with Gasteiger partial charge in [-0.15, -0.1) is 0 Å². The van der Waals surface area contributed by atoms with Gasteiger partial charge < -0.3 is 15.1 Å². The normalized spacial score (nSPS) is 17.8. The molecule has 4 heteroatoms. The number of β-amino-alcohol motifs (C(OH)–C–C–N with tert-alkyl or cyclic N) is 1. The van der Waals surface area contributed by atoms with Crippen LogP contribution >= 0.6 is 0 Å². The molecule has 0 saturated carbocycles. The maximum atomic E-state index is 11.8. The summed E-state index contributed by atoms with van der Waals surface area (Å²) in [5.41, 5.74) is 3.38. The minimum atomic E-state index is -0.869. The first kappa shape index (κ1) is 16.3. The molecule has 2 N–H and O–H groups in total. The van der Waals surface area contributed by atoms with Crippen LogP contribution < -0.4 is 4.90 Å². The molecule has 0 spiro atoms. The van der Waals surface area contributed by atoms with Gasteiger partial charge in [-0.1, -0.05) is 55.5 Å². The predicted molar refractivity (Wildman–Crippen MR) is 94.9 cm³/mol. The second kappa shape index (κ2) is 6.89. The van der Waals surface area contributed by atoms with Crippen LogP contribution in [0.15, 0.2) is 60.7 Å². The summed E-state index contributed by atoms with van der Waals surface area (Å²) in [5, 5.41) is 19.8. The molecular formula is C20H21NO3. The quantitative estimate of drug-likeness (QED) is 0.884. The highest BCUT2D eigenvalue weighted by atomic mass is 16.4. The Kier molecular flexibility index (Phi) is 4.67. The van der Waals surface area contributed by atoms with Crippen LogP contribution in [0.4, 0.5) is 5.69 Å². The molecule has 1 heterocycles. The molecule has 1 aliphatic rings. The number of carboxylic acids is 1. The fraction of sp³-hybridized carbons (Fsp3) is 0.250. The van der Waals surface area contributed by atoms with Gasteiger partial charge in [0.1, 0.15) is 5.92 Å². The highest BCUT2D eigenvalue weighted by Crippen LogP contribution is 2.40. The van der Waals surface area contributed by atoms with E-state index >= 15 is 0 Å². The number of nitrogens with zero attached hydrogens (tertiary/aromatic N) is 1. The van der Waals surface area contributed by atoms with Gasteiger partial charge >= 0.3 is 5.97 Å². The van der Waals surface area contributed by atoms with Crippen molar-refractivity contribution in [1.82, 2.24) is 0 Å². The number of benzene rings is 2. The summed E-state index contributed by atoms with van der Waals surface area (Å²) in [5.74, 6) is -1.56. The maximum absolute atomic E-state index is 11.8. The first-order valence-corrected chi connectivity index (χ1v) is 8.16. The van der Waals surface area contributed by atoms with Crippen molar-refractivity contribution < 1.29 is 15.0 Å². The van der Waals surface area contributed by atoms with Crippen molar-refractivity contribution in [3.05, 3.63) is 71.8 Å². The van der Waals surface area contributed by atoms with Crippen molar-refractivity contribution in [3.63, 3.8) is 0 Å². The average molecular weight is 323 g/mol. The van der Waals surface area contributed by atoms with Crippen molar-refractivity contribution in [3.8, 4) is 0 Å². The fourth-order valence-corrected chi connectivity index (χ4v) is 3.07. The van der Waals surface area contributed by atoms with Gasteiger partial charge in [0.05, 0.1) is 6.10 Å². The van der Waals surface area contributed by atoms with Gasteiger partial charge in [-0.25, -0.2) is 0 Å². The molecule has 3 rings (SSSR count). The molecule has 2 unspecified atom stereocenters. The van der Waals surface area contributed by atoms with Gasteiger partial charge in [0, 0.05) is 17.9 Å². The van der Waals surface area contributed by atoms with Gasteiger partial charge in [0.25, 0.3) is 0 Å². The molecule has 2 atom stereocenters. The van der Waals surface area contributed by atoms with Crippen LogP contribution in [0.25, 0.3) is 5.70 Å². The van der Waals surface area contributed by atoms with E-state index in [0.29, 0.717) is 13.0 Å². The zero-order valence-corrected chi connectivity index (χ0v) is 13.6. The van der Waals surface area contributed by atoms with Crippen LogP contribution in [0.2, 0.25) is 0 Å². The van der Waals surface area contributed by atoms with Crippen LogP contribution in [-0.4, -0.2) is 28.8 Å². The third kappa shape index (κ3) is 3.05. The number of hydrogen-bond acceptors (Lipinski definition) is 3. The number of anilines is 1. The van der Waals surface area contributed by atoms with Gasteiger partial charge in [-0.2, -0.15) is 0 Å². The predicted octanol–water partition coefficient (Wildman–Crippen LogP) is 3.49. The first-order chi connectivity index (χ1) is 11.6. The summed E-state index contributed by atoms with van der Waals surface area (Å²) in [4.78, 5) is 13.8. The van der Waals surface area contributed by atoms with E-state index in [9.17, 15) is 15.0 Å². The van der Waals surface area contributed by atoms with E-state index in [1.54, 1.807) is 6.08 Å². The van der Waals surface area contributed by atoms with Crippen molar-refractivity contribution >= 4 is 17.4 Å². The van der Waals surface area contributed by atoms with E-state index < -0.39 is 18.0 Å². The molecule has 0 aliphatic carbocycles. The monoisotopic (exact) mass is 323 g/mol. The van der Waals surface area contributed by atoms with Crippen LogP contribution in [0, 0.1) is 0 Å². The van der Waals surface area contributed by atoms with Gasteiger partial charge in [0.15, 0.2) is 0 Å². The molecule has 2 aromatic rings. The molecule has 0 bridgehead atoms. The van der Waals surface area contributed by atoms with Crippen LogP contribution in [0.5, 0.6) is 0 Å². The molecule has 2 aromatic carbocycles. The van der Waals surface area contributed by atoms with E-state index in [-0.39, 0.29) is 0 Å². The van der Waals surface area contributed by atoms with E-state index in [1.165, 1.54) is 0 Å². The molecular weight excluding hydrogens is 302 g/mol. The van der Waals surface area contributed by atoms with Crippen LogP contribution in [-0.2, 0) is 4.79 Å². The highest BCUT2D eigenvalue weighted by Gasteiger charge is 2.31. The summed E-state index contributed by atoms with van der Waals surface area (Å²) < 4.78 is 0. The molecule has 0 saturated heterocycles. The number of aliphatic hydroxyl groups excluding tert-OH is 1. The van der Waals surface area contributed by atoms with Crippen molar-refractivity contribution in [1.29, 1.82) is 0 Å². The third-order valence-electron chi connectivity index (χ3n) is 4.38. The summed E-state index contributed by atoms with van der Waals surface area (Å²) in [7, 11) is 0. The summed E-state index contributed by atoms with van der Waals surface area (Å²) >= 11 is 0. The lowest BCUT2D eigenvalue weighted by atomic mass is 9.89. The topological polar surface area (TPSA) is 60.8 Å². The van der Waals surface area contributed by atoms with Crippen molar-refractivity contribution in [2.24, 2.45) is 0 Å². The second-order valence-electron chi connectivity index (χ2n) is 5.97. The maximum Gasteiger partial charge on any atom is 0.315 e. The Labute approximate surface area is 141 Å². The Morgan fingerprint density at radius 3 is 2.46 bits per heavy atom. The molecule has 0 aromatic heterocycles. The third-order valence-corrected chi connectivity index (χ3v) is 4.38. The van der Waals surface area contributed by atoms with E-state index in [2.05, 4.69) is 0 Å². The second-order valence-corrected chi connectivity index (χ2v) is 5.97. The number of fused-ring (bicyclic) bond motifs is 1. The van der Waals surface area contributed by atoms with E-state index in [4.69, 9.17) is 0 Å². The first-order valence-electron chi connectivity index (χ1n) is 8.16. The van der Waals surface area contributed by atoms with Crippen LogP contribution in [0.3, 0.4) is 0 Å². The van der Waals surface area contributed by atoms with Gasteiger partial charge in [0.2, 0.25) is 0 Å². The minimum absolute atomic E-state index is 0.431. The SMILES string of the molecule is CCC(O)CN1C(c2ccccc2)=CC(C(=O)O)c2ccccc21. The minimum Gasteiger partial charge on any atom is -0.481 e. The number of aliphatic hydroxyl groups is 1. The Hall–Kier alpha value is -2.59. The van der Waals surface area contributed by atoms with Gasteiger partial charge in [-0.05, 0) is 29.7 Å². The lowest BCUT2D eigenvalue weighted by Crippen LogP contribution is -2.35. The molecule has 124 valence electrons. The molecule has 0 fully saturated rings. The summed E-state index contributed by atoms with van der Waals surface area (Å²) in [6, 6.07) is 17.2. The Morgan fingerprint density at radius 2 is 1.79 bits per heavy atom. The summed E-state index contributed by atoms with van der Waals surface area (Å²) in [6.45, 7) is 2.37. The van der Waals surface area contributed by atoms with E-state index in [1.807, 2.05) is 66.4 Å². The Morgan fingerprint density at radius 1 is 1.12 bits per heavy atom. The van der Waals surface area contributed by atoms with Gasteiger partial charge in [-0.3, -0.25) is 4.79 Å². The zero-order chi connectivity index (χ0) is 17.1. The number of carbonyl (C=O) groups is 1. The fourth-order valence-electron chi connectivity index (χ4n) is 3.07. The molecule has 0 radical (unpaired) electrons. The lowest BCUT2D eigenvalue weighted by molar-refractivity contribution is -0.137. The summed E-state index contributed by atoms with van der Waals surface area (Å²) in [6.07, 6.45) is 1.94. The Balaban J connectivity index is 2.14. The van der Waals surface area contributed by atoms with Crippen molar-refractivity contribution in [2.75, 3.05) is 11.4 Å².